The van der Waals surface area contributed by atoms with Crippen molar-refractivity contribution in [2.45, 2.75) is 19.5 Å². The largest absolute Gasteiger partial charge is 0.306 e. The molecule has 1 aromatic carbocycles. The minimum absolute atomic E-state index is 0.200. The van der Waals surface area contributed by atoms with E-state index in [-0.39, 0.29) is 11.9 Å². The normalized spacial score (nSPS) is 12.4. The number of halogens is 2. The maximum atomic E-state index is 13.0. The fourth-order valence-corrected chi connectivity index (χ4v) is 2.13. The summed E-state index contributed by atoms with van der Waals surface area (Å²) in [6, 6.07) is 9.82. The van der Waals surface area contributed by atoms with Crippen LogP contribution >= 0.6 is 15.9 Å². The first-order valence-corrected chi connectivity index (χ1v) is 6.53. The van der Waals surface area contributed by atoms with Crippen molar-refractivity contribution in [3.8, 4) is 0 Å². The lowest BCUT2D eigenvalue weighted by Gasteiger charge is -2.14. The summed E-state index contributed by atoms with van der Waals surface area (Å²) in [6.45, 7) is 2.67. The van der Waals surface area contributed by atoms with Crippen LogP contribution in [0.4, 0.5) is 4.39 Å². The molecule has 0 bridgehead atoms. The van der Waals surface area contributed by atoms with Gasteiger partial charge in [0, 0.05) is 23.3 Å². The molecule has 2 nitrogen and oxygen atoms in total. The van der Waals surface area contributed by atoms with Crippen molar-refractivity contribution in [2.24, 2.45) is 0 Å². The minimum Gasteiger partial charge on any atom is -0.306 e. The van der Waals surface area contributed by atoms with Crippen molar-refractivity contribution in [2.75, 3.05) is 0 Å². The van der Waals surface area contributed by atoms with E-state index < -0.39 is 0 Å². The first-order chi connectivity index (χ1) is 8.65. The lowest BCUT2D eigenvalue weighted by Crippen LogP contribution is -2.18. The van der Waals surface area contributed by atoms with Crippen LogP contribution in [0.3, 0.4) is 0 Å². The second kappa shape index (κ2) is 6.07. The SMILES string of the molecule is CC(NCc1cncc(F)c1)c1cccc(Br)c1. The van der Waals surface area contributed by atoms with Gasteiger partial charge in [0.15, 0.2) is 0 Å². The molecule has 1 atom stereocenters. The van der Waals surface area contributed by atoms with Crippen LogP contribution in [0, 0.1) is 5.82 Å². The lowest BCUT2D eigenvalue weighted by molar-refractivity contribution is 0.566. The van der Waals surface area contributed by atoms with Gasteiger partial charge in [0.1, 0.15) is 5.82 Å². The molecule has 1 heterocycles. The highest BCUT2D eigenvalue weighted by atomic mass is 79.9. The molecular weight excluding hydrogens is 295 g/mol. The van der Waals surface area contributed by atoms with E-state index in [1.54, 1.807) is 6.20 Å². The van der Waals surface area contributed by atoms with Crippen molar-refractivity contribution in [1.82, 2.24) is 10.3 Å². The third-order valence-corrected chi connectivity index (χ3v) is 3.22. The minimum atomic E-state index is -0.301. The van der Waals surface area contributed by atoms with Crippen LogP contribution in [0.1, 0.15) is 24.1 Å². The third-order valence-electron chi connectivity index (χ3n) is 2.72. The Morgan fingerprint density at radius 1 is 1.33 bits per heavy atom. The van der Waals surface area contributed by atoms with E-state index in [0.717, 1.165) is 10.0 Å². The predicted molar refractivity (Wildman–Crippen MR) is 73.6 cm³/mol. The highest BCUT2D eigenvalue weighted by Gasteiger charge is 2.05. The smallest absolute Gasteiger partial charge is 0.141 e. The highest BCUT2D eigenvalue weighted by molar-refractivity contribution is 9.10. The number of aromatic nitrogens is 1. The van der Waals surface area contributed by atoms with Crippen molar-refractivity contribution < 1.29 is 4.39 Å². The molecular formula is C14H14BrFN2. The Labute approximate surface area is 114 Å². The van der Waals surface area contributed by atoms with E-state index in [9.17, 15) is 4.39 Å². The van der Waals surface area contributed by atoms with Crippen LogP contribution in [0.5, 0.6) is 0 Å². The van der Waals surface area contributed by atoms with E-state index in [2.05, 4.69) is 45.3 Å². The van der Waals surface area contributed by atoms with E-state index in [1.165, 1.54) is 17.8 Å². The van der Waals surface area contributed by atoms with Crippen molar-refractivity contribution >= 4 is 15.9 Å². The molecule has 4 heteroatoms. The molecule has 0 fully saturated rings. The van der Waals surface area contributed by atoms with Gasteiger partial charge in [-0.3, -0.25) is 4.98 Å². The van der Waals surface area contributed by atoms with Crippen molar-refractivity contribution in [1.29, 1.82) is 0 Å². The maximum Gasteiger partial charge on any atom is 0.141 e. The van der Waals surface area contributed by atoms with Crippen molar-refractivity contribution in [3.63, 3.8) is 0 Å². The average Bonchev–Trinajstić information content (AvgIpc) is 2.36. The van der Waals surface area contributed by atoms with E-state index in [1.807, 2.05) is 12.1 Å². The van der Waals surface area contributed by atoms with E-state index in [4.69, 9.17) is 0 Å². The number of nitrogens with one attached hydrogen (secondary N) is 1. The number of rotatable bonds is 4. The predicted octanol–water partition coefficient (Wildman–Crippen LogP) is 3.83. The zero-order valence-corrected chi connectivity index (χ0v) is 11.6. The summed E-state index contributed by atoms with van der Waals surface area (Å²) in [7, 11) is 0. The lowest BCUT2D eigenvalue weighted by atomic mass is 10.1. The van der Waals surface area contributed by atoms with Crippen LogP contribution in [0.2, 0.25) is 0 Å². The molecule has 1 unspecified atom stereocenters. The number of hydrogen-bond acceptors (Lipinski definition) is 2. The number of nitrogens with zero attached hydrogens (tertiary/aromatic N) is 1. The van der Waals surface area contributed by atoms with Gasteiger partial charge in [-0.15, -0.1) is 0 Å². The molecule has 1 aromatic heterocycles. The van der Waals surface area contributed by atoms with Gasteiger partial charge in [0.25, 0.3) is 0 Å². The summed E-state index contributed by atoms with van der Waals surface area (Å²) in [5.74, 6) is -0.301. The summed E-state index contributed by atoms with van der Waals surface area (Å²) in [5.41, 5.74) is 2.03. The molecule has 18 heavy (non-hydrogen) atoms. The molecule has 2 rings (SSSR count). The summed E-state index contributed by atoms with van der Waals surface area (Å²) >= 11 is 3.45. The molecule has 1 N–H and O–H groups in total. The zero-order valence-electron chi connectivity index (χ0n) is 10.0. The van der Waals surface area contributed by atoms with Gasteiger partial charge in [-0.05, 0) is 36.2 Å². The fourth-order valence-electron chi connectivity index (χ4n) is 1.72. The molecule has 0 saturated heterocycles. The maximum absolute atomic E-state index is 13.0. The van der Waals surface area contributed by atoms with E-state index >= 15 is 0 Å². The van der Waals surface area contributed by atoms with Crippen LogP contribution in [0.25, 0.3) is 0 Å². The standard InChI is InChI=1S/C14H14BrFN2/c1-10(12-3-2-4-13(15)6-12)18-8-11-5-14(16)9-17-7-11/h2-7,9-10,18H,8H2,1H3. The summed E-state index contributed by atoms with van der Waals surface area (Å²) in [5, 5.41) is 3.34. The van der Waals surface area contributed by atoms with Gasteiger partial charge in [-0.1, -0.05) is 28.1 Å². The Morgan fingerprint density at radius 2 is 2.17 bits per heavy atom. The average molecular weight is 309 g/mol. The van der Waals surface area contributed by atoms with E-state index in [0.29, 0.717) is 6.54 Å². The second-order valence-corrected chi connectivity index (χ2v) is 5.08. The molecule has 0 amide bonds. The Balaban J connectivity index is 1.98. The van der Waals surface area contributed by atoms with Crippen LogP contribution < -0.4 is 5.32 Å². The van der Waals surface area contributed by atoms with Crippen LogP contribution in [-0.2, 0) is 6.54 Å². The fraction of sp³-hybridized carbons (Fsp3) is 0.214. The summed E-state index contributed by atoms with van der Waals surface area (Å²) in [4.78, 5) is 3.83. The van der Waals surface area contributed by atoms with Crippen LogP contribution in [0.15, 0.2) is 47.2 Å². The Kier molecular flexibility index (Phi) is 4.44. The third kappa shape index (κ3) is 3.62. The molecule has 0 spiro atoms. The number of benzene rings is 1. The molecule has 2 aromatic rings. The van der Waals surface area contributed by atoms with Gasteiger partial charge in [-0.2, -0.15) is 0 Å². The van der Waals surface area contributed by atoms with Gasteiger partial charge < -0.3 is 5.32 Å². The molecule has 0 saturated carbocycles. The number of pyridine rings is 1. The molecule has 0 aliphatic rings. The van der Waals surface area contributed by atoms with Gasteiger partial charge >= 0.3 is 0 Å². The molecule has 0 aliphatic heterocycles. The Hall–Kier alpha value is -1.26. The number of hydrogen-bond donors (Lipinski definition) is 1. The van der Waals surface area contributed by atoms with Gasteiger partial charge in [0.05, 0.1) is 6.20 Å². The van der Waals surface area contributed by atoms with Crippen molar-refractivity contribution in [3.05, 3.63) is 64.1 Å². The summed E-state index contributed by atoms with van der Waals surface area (Å²) in [6.07, 6.45) is 2.88. The topological polar surface area (TPSA) is 24.9 Å². The second-order valence-electron chi connectivity index (χ2n) is 4.17. The van der Waals surface area contributed by atoms with Crippen LogP contribution in [-0.4, -0.2) is 4.98 Å². The molecule has 94 valence electrons. The Bertz CT molecular complexity index is 531. The highest BCUT2D eigenvalue weighted by Crippen LogP contribution is 2.18. The zero-order chi connectivity index (χ0) is 13.0. The first kappa shape index (κ1) is 13.2. The van der Waals surface area contributed by atoms with Gasteiger partial charge in [0.2, 0.25) is 0 Å². The quantitative estimate of drug-likeness (QED) is 0.928. The monoisotopic (exact) mass is 308 g/mol. The Morgan fingerprint density at radius 3 is 2.89 bits per heavy atom. The summed E-state index contributed by atoms with van der Waals surface area (Å²) < 4.78 is 14.0. The first-order valence-electron chi connectivity index (χ1n) is 5.73. The molecule has 0 radical (unpaired) electrons. The van der Waals surface area contributed by atoms with Gasteiger partial charge in [-0.25, -0.2) is 4.39 Å². The molecule has 0 aliphatic carbocycles.